The largest absolute Gasteiger partial charge is 0.309 e. The van der Waals surface area contributed by atoms with Crippen LogP contribution in [0.25, 0.3) is 49.7 Å². The van der Waals surface area contributed by atoms with Crippen LogP contribution in [0.2, 0.25) is 0 Å². The summed E-state index contributed by atoms with van der Waals surface area (Å²) in [5.74, 6) is 0. The van der Waals surface area contributed by atoms with E-state index in [1.54, 1.807) is 12.4 Å². The van der Waals surface area contributed by atoms with E-state index in [0.717, 1.165) is 27.9 Å². The highest BCUT2D eigenvalue weighted by Gasteiger charge is 2.15. The molecule has 0 saturated carbocycles. The first-order valence-corrected chi connectivity index (χ1v) is 10.9. The first-order chi connectivity index (χ1) is 16.3. The summed E-state index contributed by atoms with van der Waals surface area (Å²) in [6, 6.07) is 38.1. The van der Waals surface area contributed by atoms with Gasteiger partial charge in [0.25, 0.3) is 0 Å². The molecule has 0 amide bonds. The maximum Gasteiger partial charge on any atom is 0.101 e. The Morgan fingerprint density at radius 3 is 2.03 bits per heavy atom. The number of nitrogens with zero attached hydrogens (tertiary/aromatic N) is 3. The Balaban J connectivity index is 1.59. The lowest BCUT2D eigenvalue weighted by Crippen LogP contribution is -1.97. The van der Waals surface area contributed by atoms with E-state index in [2.05, 4.69) is 113 Å². The van der Waals surface area contributed by atoms with E-state index in [0.29, 0.717) is 5.56 Å². The molecule has 0 saturated heterocycles. The molecule has 0 bridgehead atoms. The summed E-state index contributed by atoms with van der Waals surface area (Å²) in [6.45, 7) is 0. The third-order valence-corrected chi connectivity index (χ3v) is 6.10. The maximum atomic E-state index is 9.26. The van der Waals surface area contributed by atoms with Gasteiger partial charge in [0.05, 0.1) is 22.3 Å². The zero-order valence-electron chi connectivity index (χ0n) is 17.8. The second-order valence-electron chi connectivity index (χ2n) is 8.04. The van der Waals surface area contributed by atoms with Crippen molar-refractivity contribution in [3.05, 3.63) is 121 Å². The van der Waals surface area contributed by atoms with Crippen LogP contribution in [-0.4, -0.2) is 9.55 Å². The molecule has 6 aromatic rings. The molecular formula is C30H19N3. The van der Waals surface area contributed by atoms with Crippen LogP contribution < -0.4 is 0 Å². The van der Waals surface area contributed by atoms with Crippen LogP contribution in [0.4, 0.5) is 0 Å². The molecule has 3 nitrogen and oxygen atoms in total. The van der Waals surface area contributed by atoms with Crippen molar-refractivity contribution < 1.29 is 0 Å². The summed E-state index contributed by atoms with van der Waals surface area (Å²) in [5, 5.41) is 11.8. The molecule has 4 aromatic carbocycles. The van der Waals surface area contributed by atoms with Gasteiger partial charge in [-0.1, -0.05) is 72.8 Å². The van der Waals surface area contributed by atoms with E-state index >= 15 is 0 Å². The molecule has 0 aliphatic rings. The van der Waals surface area contributed by atoms with Gasteiger partial charge in [-0.05, 0) is 41.5 Å². The van der Waals surface area contributed by atoms with Gasteiger partial charge in [-0.15, -0.1) is 0 Å². The standard InChI is InChI=1S/C30H19N3/c31-18-21-16-24(20-32-19-21)22-8-7-9-23(17-22)25-10-1-4-13-28(25)33-29-14-5-2-11-26(29)27-12-3-6-15-30(27)33/h1-17,19-20H. The molecule has 2 aromatic heterocycles. The Kier molecular flexibility index (Phi) is 4.49. The molecule has 0 N–H and O–H groups in total. The summed E-state index contributed by atoms with van der Waals surface area (Å²) < 4.78 is 2.35. The van der Waals surface area contributed by atoms with Crippen molar-refractivity contribution in [1.82, 2.24) is 9.55 Å². The molecule has 0 aliphatic carbocycles. The fourth-order valence-corrected chi connectivity index (χ4v) is 4.62. The van der Waals surface area contributed by atoms with Gasteiger partial charge in [0.2, 0.25) is 0 Å². The van der Waals surface area contributed by atoms with Crippen LogP contribution >= 0.6 is 0 Å². The first-order valence-electron chi connectivity index (χ1n) is 10.9. The zero-order chi connectivity index (χ0) is 22.2. The third-order valence-electron chi connectivity index (χ3n) is 6.10. The van der Waals surface area contributed by atoms with Gasteiger partial charge in [0, 0.05) is 34.3 Å². The minimum absolute atomic E-state index is 0.559. The normalized spacial score (nSPS) is 11.0. The van der Waals surface area contributed by atoms with Gasteiger partial charge in [-0.3, -0.25) is 4.98 Å². The summed E-state index contributed by atoms with van der Waals surface area (Å²) in [7, 11) is 0. The summed E-state index contributed by atoms with van der Waals surface area (Å²) in [4.78, 5) is 4.23. The smallest absolute Gasteiger partial charge is 0.101 e. The quantitative estimate of drug-likeness (QED) is 0.299. The zero-order valence-corrected chi connectivity index (χ0v) is 17.8. The number of hydrogen-bond donors (Lipinski definition) is 0. The average Bonchev–Trinajstić information content (AvgIpc) is 3.23. The predicted octanol–water partition coefficient (Wildman–Crippen LogP) is 7.38. The van der Waals surface area contributed by atoms with Crippen LogP contribution in [0.5, 0.6) is 0 Å². The van der Waals surface area contributed by atoms with Gasteiger partial charge in [0.15, 0.2) is 0 Å². The van der Waals surface area contributed by atoms with Gasteiger partial charge in [0.1, 0.15) is 6.07 Å². The monoisotopic (exact) mass is 421 g/mol. The van der Waals surface area contributed by atoms with E-state index in [1.807, 2.05) is 6.07 Å². The van der Waals surface area contributed by atoms with E-state index in [9.17, 15) is 5.26 Å². The van der Waals surface area contributed by atoms with Gasteiger partial charge >= 0.3 is 0 Å². The lowest BCUT2D eigenvalue weighted by molar-refractivity contribution is 1.18. The van der Waals surface area contributed by atoms with Gasteiger partial charge < -0.3 is 4.57 Å². The minimum atomic E-state index is 0.559. The molecule has 0 spiro atoms. The Morgan fingerprint density at radius 2 is 1.27 bits per heavy atom. The second-order valence-corrected chi connectivity index (χ2v) is 8.04. The fraction of sp³-hybridized carbons (Fsp3) is 0. The van der Waals surface area contributed by atoms with E-state index < -0.39 is 0 Å². The number of fused-ring (bicyclic) bond motifs is 3. The van der Waals surface area contributed by atoms with E-state index in [1.165, 1.54) is 21.8 Å². The number of rotatable bonds is 3. The number of para-hydroxylation sites is 3. The van der Waals surface area contributed by atoms with Gasteiger partial charge in [-0.2, -0.15) is 5.26 Å². The van der Waals surface area contributed by atoms with E-state index in [-0.39, 0.29) is 0 Å². The highest BCUT2D eigenvalue weighted by molar-refractivity contribution is 6.09. The number of nitriles is 1. The van der Waals surface area contributed by atoms with Crippen LogP contribution in [0, 0.1) is 11.3 Å². The van der Waals surface area contributed by atoms with Crippen LogP contribution in [0.1, 0.15) is 5.56 Å². The lowest BCUT2D eigenvalue weighted by Gasteiger charge is -2.15. The molecule has 154 valence electrons. The molecule has 6 rings (SSSR count). The van der Waals surface area contributed by atoms with Crippen molar-refractivity contribution in [2.75, 3.05) is 0 Å². The third kappa shape index (κ3) is 3.17. The van der Waals surface area contributed by atoms with Crippen LogP contribution in [0.3, 0.4) is 0 Å². The number of hydrogen-bond acceptors (Lipinski definition) is 2. The van der Waals surface area contributed by atoms with Crippen molar-refractivity contribution in [1.29, 1.82) is 5.26 Å². The van der Waals surface area contributed by atoms with Crippen molar-refractivity contribution in [3.8, 4) is 34.0 Å². The molecule has 3 heteroatoms. The molecule has 0 fully saturated rings. The highest BCUT2D eigenvalue weighted by Crippen LogP contribution is 2.36. The average molecular weight is 422 g/mol. The Morgan fingerprint density at radius 1 is 0.606 bits per heavy atom. The summed E-state index contributed by atoms with van der Waals surface area (Å²) >= 11 is 0. The Labute approximate surface area is 191 Å². The molecule has 2 heterocycles. The number of aromatic nitrogens is 2. The molecule has 0 unspecified atom stereocenters. The Hall–Kier alpha value is -4.68. The molecule has 0 atom stereocenters. The second kappa shape index (κ2) is 7.78. The molecule has 0 radical (unpaired) electrons. The minimum Gasteiger partial charge on any atom is -0.309 e. The molecule has 0 aliphatic heterocycles. The van der Waals surface area contributed by atoms with Crippen molar-refractivity contribution in [2.45, 2.75) is 0 Å². The highest BCUT2D eigenvalue weighted by atomic mass is 15.0. The van der Waals surface area contributed by atoms with E-state index in [4.69, 9.17) is 0 Å². The van der Waals surface area contributed by atoms with Crippen molar-refractivity contribution in [3.63, 3.8) is 0 Å². The summed E-state index contributed by atoms with van der Waals surface area (Å²) in [6.07, 6.45) is 3.39. The van der Waals surface area contributed by atoms with Crippen LogP contribution in [-0.2, 0) is 0 Å². The topological polar surface area (TPSA) is 41.6 Å². The van der Waals surface area contributed by atoms with Gasteiger partial charge in [-0.25, -0.2) is 0 Å². The first kappa shape index (κ1) is 19.0. The SMILES string of the molecule is N#Cc1cncc(-c2cccc(-c3ccccc3-n3c4ccccc4c4ccccc43)c2)c1. The lowest BCUT2D eigenvalue weighted by atomic mass is 9.98. The van der Waals surface area contributed by atoms with Crippen LogP contribution in [0.15, 0.2) is 116 Å². The fourth-order valence-electron chi connectivity index (χ4n) is 4.62. The van der Waals surface area contributed by atoms with Crippen molar-refractivity contribution >= 4 is 21.8 Å². The number of benzene rings is 4. The van der Waals surface area contributed by atoms with Crippen molar-refractivity contribution in [2.24, 2.45) is 0 Å². The molecular weight excluding hydrogens is 402 g/mol. The summed E-state index contributed by atoms with van der Waals surface area (Å²) in [5.41, 5.74) is 8.31. The predicted molar refractivity (Wildman–Crippen MR) is 134 cm³/mol. The number of pyridine rings is 1. The molecule has 33 heavy (non-hydrogen) atoms. The maximum absolute atomic E-state index is 9.26. The Bertz CT molecular complexity index is 1630.